The topological polar surface area (TPSA) is 107 Å². The molecule has 8 heteroatoms. The van der Waals surface area contributed by atoms with E-state index in [2.05, 4.69) is 20.5 Å². The van der Waals surface area contributed by atoms with Gasteiger partial charge in [0.15, 0.2) is 11.5 Å². The first kappa shape index (κ1) is 19.3. The molecule has 1 amide bonds. The number of nitrogens with zero attached hydrogens (tertiary/aromatic N) is 4. The van der Waals surface area contributed by atoms with E-state index in [1.54, 1.807) is 4.90 Å². The molecular weight excluding hydrogens is 368 g/mol. The van der Waals surface area contributed by atoms with E-state index in [-0.39, 0.29) is 11.8 Å². The predicted octanol–water partition coefficient (Wildman–Crippen LogP) is 2.36. The number of aromatic amines is 1. The van der Waals surface area contributed by atoms with Gasteiger partial charge in [-0.3, -0.25) is 14.9 Å². The molecule has 1 aliphatic rings. The molecule has 0 radical (unpaired) electrons. The van der Waals surface area contributed by atoms with Crippen molar-refractivity contribution in [1.29, 1.82) is 0 Å². The van der Waals surface area contributed by atoms with Crippen LogP contribution in [0.15, 0.2) is 30.3 Å². The second kappa shape index (κ2) is 7.44. The molecule has 3 N–H and O–H groups in total. The largest absolute Gasteiger partial charge is 0.381 e. The van der Waals surface area contributed by atoms with Crippen molar-refractivity contribution in [2.45, 2.75) is 45.3 Å². The van der Waals surface area contributed by atoms with Crippen LogP contribution in [0.4, 0.5) is 5.82 Å². The van der Waals surface area contributed by atoms with Crippen LogP contribution in [0, 0.1) is 6.92 Å². The molecule has 8 nitrogen and oxygen atoms in total. The monoisotopic (exact) mass is 394 g/mol. The lowest BCUT2D eigenvalue weighted by Gasteiger charge is -2.24. The number of fused-ring (bicyclic) bond motifs is 1. The first-order chi connectivity index (χ1) is 13.8. The van der Waals surface area contributed by atoms with Gasteiger partial charge in [-0.15, -0.1) is 0 Å². The Kier molecular flexibility index (Phi) is 4.96. The summed E-state index contributed by atoms with van der Waals surface area (Å²) in [4.78, 5) is 23.2. The second-order valence-corrected chi connectivity index (χ2v) is 8.12. The third kappa shape index (κ3) is 4.07. The molecule has 152 valence electrons. The number of H-pyrrole nitrogens is 1. The summed E-state index contributed by atoms with van der Waals surface area (Å²) < 4.78 is 0. The van der Waals surface area contributed by atoms with Gasteiger partial charge in [-0.1, -0.05) is 6.07 Å². The molecule has 0 aromatic carbocycles. The Hall–Kier alpha value is -3.00. The van der Waals surface area contributed by atoms with Crippen LogP contribution in [0.5, 0.6) is 0 Å². The molecule has 1 saturated heterocycles. The van der Waals surface area contributed by atoms with E-state index in [4.69, 9.17) is 4.98 Å². The average molecular weight is 394 g/mol. The molecule has 1 unspecified atom stereocenters. The number of anilines is 1. The Bertz CT molecular complexity index is 1040. The van der Waals surface area contributed by atoms with Gasteiger partial charge in [0.2, 0.25) is 0 Å². The highest BCUT2D eigenvalue weighted by Crippen LogP contribution is 2.29. The maximum Gasteiger partial charge on any atom is 0.253 e. The van der Waals surface area contributed by atoms with Gasteiger partial charge in [0, 0.05) is 30.4 Å². The number of aryl methyl sites for hydroxylation is 1. The fraction of sp³-hybridized carbons (Fsp3) is 0.429. The van der Waals surface area contributed by atoms with Crippen LogP contribution in [0.2, 0.25) is 0 Å². The van der Waals surface area contributed by atoms with Crippen LogP contribution in [-0.2, 0) is 11.3 Å². The minimum absolute atomic E-state index is 0.155. The number of aromatic nitrogens is 4. The zero-order valence-corrected chi connectivity index (χ0v) is 16.9. The van der Waals surface area contributed by atoms with Crippen molar-refractivity contribution < 1.29 is 9.90 Å². The summed E-state index contributed by atoms with van der Waals surface area (Å²) >= 11 is 0. The van der Waals surface area contributed by atoms with Gasteiger partial charge in [-0.05, 0) is 51.5 Å². The number of amides is 1. The highest BCUT2D eigenvalue weighted by molar-refractivity contribution is 5.87. The lowest BCUT2D eigenvalue weighted by Crippen LogP contribution is -2.43. The van der Waals surface area contributed by atoms with E-state index < -0.39 is 5.60 Å². The number of nitrogens with one attached hydrogen (secondary N) is 2. The van der Waals surface area contributed by atoms with Crippen molar-refractivity contribution in [3.05, 3.63) is 47.4 Å². The van der Waals surface area contributed by atoms with Crippen LogP contribution in [0.25, 0.3) is 11.0 Å². The van der Waals surface area contributed by atoms with Gasteiger partial charge in [0.05, 0.1) is 17.6 Å². The van der Waals surface area contributed by atoms with Crippen LogP contribution < -0.4 is 5.32 Å². The fourth-order valence-electron chi connectivity index (χ4n) is 3.73. The maximum absolute atomic E-state index is 12.3. The molecule has 0 saturated carbocycles. The summed E-state index contributed by atoms with van der Waals surface area (Å²) in [5.41, 5.74) is 2.24. The van der Waals surface area contributed by atoms with E-state index in [1.807, 2.05) is 37.3 Å². The van der Waals surface area contributed by atoms with Crippen molar-refractivity contribution >= 4 is 22.8 Å². The van der Waals surface area contributed by atoms with Crippen molar-refractivity contribution in [1.82, 2.24) is 25.1 Å². The van der Waals surface area contributed by atoms with Crippen molar-refractivity contribution in [3.63, 3.8) is 0 Å². The van der Waals surface area contributed by atoms with Crippen LogP contribution in [0.3, 0.4) is 0 Å². The maximum atomic E-state index is 12.3. The number of hydrogen-bond acceptors (Lipinski definition) is 6. The lowest BCUT2D eigenvalue weighted by atomic mass is 10.0. The third-order valence-electron chi connectivity index (χ3n) is 5.25. The summed E-state index contributed by atoms with van der Waals surface area (Å²) in [6, 6.07) is 9.94. The Balaban J connectivity index is 1.46. The van der Waals surface area contributed by atoms with Crippen molar-refractivity contribution in [2.75, 3.05) is 18.4 Å². The Morgan fingerprint density at radius 2 is 2.14 bits per heavy atom. The van der Waals surface area contributed by atoms with Crippen LogP contribution >= 0.6 is 0 Å². The van der Waals surface area contributed by atoms with Gasteiger partial charge in [-0.2, -0.15) is 5.10 Å². The minimum atomic E-state index is -1.34. The van der Waals surface area contributed by atoms with Gasteiger partial charge < -0.3 is 15.3 Å². The molecule has 4 rings (SSSR count). The summed E-state index contributed by atoms with van der Waals surface area (Å²) in [5.74, 6) is 0.661. The molecule has 0 aliphatic carbocycles. The first-order valence-corrected chi connectivity index (χ1v) is 9.84. The molecule has 1 aliphatic heterocycles. The fourth-order valence-corrected chi connectivity index (χ4v) is 3.73. The molecular formula is C21H26N6O2. The van der Waals surface area contributed by atoms with Crippen LogP contribution in [-0.4, -0.2) is 54.8 Å². The van der Waals surface area contributed by atoms with Gasteiger partial charge in [0.1, 0.15) is 5.60 Å². The minimum Gasteiger partial charge on any atom is -0.381 e. The number of rotatable bonds is 5. The number of pyridine rings is 2. The van der Waals surface area contributed by atoms with Gasteiger partial charge >= 0.3 is 0 Å². The van der Waals surface area contributed by atoms with E-state index in [0.717, 1.165) is 40.4 Å². The van der Waals surface area contributed by atoms with E-state index in [0.29, 0.717) is 19.6 Å². The molecule has 1 fully saturated rings. The average Bonchev–Trinajstić information content (AvgIpc) is 3.32. The lowest BCUT2D eigenvalue weighted by molar-refractivity contribution is -0.146. The highest BCUT2D eigenvalue weighted by atomic mass is 16.3. The summed E-state index contributed by atoms with van der Waals surface area (Å²) in [6.07, 6.45) is 0.832. The molecule has 3 aromatic heterocycles. The second-order valence-electron chi connectivity index (χ2n) is 8.12. The molecule has 0 bridgehead atoms. The summed E-state index contributed by atoms with van der Waals surface area (Å²) in [7, 11) is 0. The Morgan fingerprint density at radius 3 is 2.90 bits per heavy atom. The Morgan fingerprint density at radius 1 is 1.31 bits per heavy atom. The van der Waals surface area contributed by atoms with Crippen molar-refractivity contribution in [3.8, 4) is 0 Å². The summed E-state index contributed by atoms with van der Waals surface area (Å²) in [5, 5.41) is 21.5. The molecule has 0 spiro atoms. The highest BCUT2D eigenvalue weighted by Gasteiger charge is 2.35. The van der Waals surface area contributed by atoms with Crippen molar-refractivity contribution in [2.24, 2.45) is 0 Å². The summed E-state index contributed by atoms with van der Waals surface area (Å²) in [6.45, 7) is 6.81. The van der Waals surface area contributed by atoms with Gasteiger partial charge in [0.25, 0.3) is 5.91 Å². The van der Waals surface area contributed by atoms with E-state index >= 15 is 0 Å². The smallest absolute Gasteiger partial charge is 0.253 e. The zero-order chi connectivity index (χ0) is 20.6. The SMILES string of the molecule is Cc1cccc(CNc2n[nH]c3nc(C4CCN(C(=O)C(C)(C)O)C4)ccc23)n1. The third-order valence-corrected chi connectivity index (χ3v) is 5.25. The molecule has 1 atom stereocenters. The predicted molar refractivity (Wildman–Crippen MR) is 110 cm³/mol. The zero-order valence-electron chi connectivity index (χ0n) is 16.9. The number of carbonyl (C=O) groups is 1. The van der Waals surface area contributed by atoms with Crippen LogP contribution in [0.1, 0.15) is 43.3 Å². The standard InChI is InChI=1S/C21H26N6O2/c1-13-5-4-6-15(23-13)11-22-18-16-7-8-17(24-19(16)26-25-18)14-9-10-27(12-14)20(28)21(2,3)29/h4-8,14,29H,9-12H2,1-3H3,(H2,22,24,25,26). The molecule has 29 heavy (non-hydrogen) atoms. The van der Waals surface area contributed by atoms with E-state index in [9.17, 15) is 9.90 Å². The molecule has 3 aromatic rings. The normalized spacial score (nSPS) is 17.1. The van der Waals surface area contributed by atoms with E-state index in [1.165, 1.54) is 13.8 Å². The first-order valence-electron chi connectivity index (χ1n) is 9.84. The quantitative estimate of drug-likeness (QED) is 0.613. The number of likely N-dealkylation sites (tertiary alicyclic amines) is 1. The number of carbonyl (C=O) groups excluding carboxylic acids is 1. The number of hydrogen-bond donors (Lipinski definition) is 3. The molecule has 4 heterocycles. The number of aliphatic hydroxyl groups is 1. The Labute approximate surface area is 169 Å². The van der Waals surface area contributed by atoms with Gasteiger partial charge in [-0.25, -0.2) is 4.98 Å².